The molecule has 0 saturated heterocycles. The average molecular weight is 1350 g/mol. The molecule has 0 unspecified atom stereocenters. The molecule has 0 aliphatic heterocycles. The Morgan fingerprint density at radius 3 is 1.19 bits per heavy atom. The van der Waals surface area contributed by atoms with Crippen LogP contribution >= 0.6 is 0 Å². The smallest absolute Gasteiger partial charge is 0.323 e. The van der Waals surface area contributed by atoms with Gasteiger partial charge in [-0.25, -0.2) is 8.78 Å². The molecule has 0 aliphatic rings. The van der Waals surface area contributed by atoms with E-state index in [1.54, 1.807) is 97.1 Å². The number of amides is 4. The summed E-state index contributed by atoms with van der Waals surface area (Å²) in [6.45, 7) is 3.11. The Balaban J connectivity index is 0.000000204. The highest BCUT2D eigenvalue weighted by Crippen LogP contribution is 2.31. The molecule has 0 saturated carbocycles. The minimum Gasteiger partial charge on any atom is -0.494 e. The molecule has 12 aromatic rings. The third kappa shape index (κ3) is 18.1. The van der Waals surface area contributed by atoms with Crippen LogP contribution in [-0.4, -0.2) is 96.1 Å². The fourth-order valence-electron chi connectivity index (χ4n) is 10.7. The summed E-state index contributed by atoms with van der Waals surface area (Å²) in [5.74, 6) is -4.77. The van der Waals surface area contributed by atoms with Crippen LogP contribution < -0.4 is 21.1 Å². The number of aromatic nitrogens is 4. The number of nitrogens with two attached hydrogens (primary N) is 1. The number of hydrogen-bond acceptors (Lipinski definition) is 14. The third-order valence-electron chi connectivity index (χ3n) is 16.2. The lowest BCUT2D eigenvalue weighted by atomic mass is 10.0. The summed E-state index contributed by atoms with van der Waals surface area (Å²) < 4.78 is 44.6. The number of nitrogens with zero attached hydrogens (tertiary/aromatic N) is 6. The van der Waals surface area contributed by atoms with Gasteiger partial charge in [0.15, 0.2) is 11.6 Å². The monoisotopic (exact) mass is 1350 g/mol. The first-order valence-corrected chi connectivity index (χ1v) is 31.7. The number of carbonyl (C=O) groups is 6. The molecular formula is C79H65F2N9O11. The Morgan fingerprint density at radius 2 is 0.802 bits per heavy atom. The number of carboxylic acid groups (broad SMARTS) is 2. The van der Waals surface area contributed by atoms with Crippen molar-refractivity contribution in [1.82, 2.24) is 30.1 Å². The van der Waals surface area contributed by atoms with Crippen molar-refractivity contribution in [3.63, 3.8) is 0 Å². The van der Waals surface area contributed by atoms with Gasteiger partial charge in [0.2, 0.25) is 23.5 Å². The Labute approximate surface area is 578 Å². The maximum Gasteiger partial charge on any atom is 0.323 e. The van der Waals surface area contributed by atoms with Gasteiger partial charge in [-0.15, -0.1) is 0 Å². The molecule has 0 atom stereocenters. The Hall–Kier alpha value is -13.2. The lowest BCUT2D eigenvalue weighted by molar-refractivity contribution is -0.138. The van der Waals surface area contributed by atoms with E-state index in [0.717, 1.165) is 56.6 Å². The van der Waals surface area contributed by atoms with Crippen LogP contribution in [0.15, 0.2) is 240 Å². The predicted molar refractivity (Wildman–Crippen MR) is 377 cm³/mol. The van der Waals surface area contributed by atoms with E-state index in [2.05, 4.69) is 86.4 Å². The summed E-state index contributed by atoms with van der Waals surface area (Å²) >= 11 is 0. The number of halogens is 2. The van der Waals surface area contributed by atoms with E-state index < -0.39 is 66.4 Å². The lowest BCUT2D eigenvalue weighted by Crippen LogP contribution is -2.35. The third-order valence-corrected chi connectivity index (χ3v) is 16.2. The molecule has 0 radical (unpaired) electrons. The molecule has 20 nitrogen and oxygen atoms in total. The molecule has 101 heavy (non-hydrogen) atoms. The fraction of sp³-hybridized carbons (Fsp3) is 0.114. The maximum atomic E-state index is 14.5. The summed E-state index contributed by atoms with van der Waals surface area (Å²) in [5.41, 5.74) is 19.0. The number of nitrogen functional groups attached to an aromatic ring is 1. The van der Waals surface area contributed by atoms with E-state index >= 15 is 0 Å². The quantitative estimate of drug-likeness (QED) is 0.0372. The number of nitrogens with one attached hydrogen (secondary N) is 2. The second-order valence-corrected chi connectivity index (χ2v) is 23.6. The number of anilines is 3. The number of hydrogen-bond donors (Lipinski definition) is 5. The maximum absolute atomic E-state index is 14.5. The normalized spacial score (nSPS) is 10.8. The van der Waals surface area contributed by atoms with Gasteiger partial charge in [-0.2, -0.15) is 9.97 Å². The van der Waals surface area contributed by atoms with E-state index in [9.17, 15) is 47.8 Å². The van der Waals surface area contributed by atoms with Crippen LogP contribution in [-0.2, 0) is 45.1 Å². The van der Waals surface area contributed by atoms with Gasteiger partial charge in [0, 0.05) is 69.1 Å². The van der Waals surface area contributed by atoms with Crippen LogP contribution in [0.5, 0.6) is 5.75 Å². The minimum atomic E-state index is -1.20. The van der Waals surface area contributed by atoms with Gasteiger partial charge in [0.05, 0.1) is 20.0 Å². The van der Waals surface area contributed by atoms with Crippen LogP contribution in [0.1, 0.15) is 54.1 Å². The second kappa shape index (κ2) is 31.8. The molecule has 0 bridgehead atoms. The zero-order valence-corrected chi connectivity index (χ0v) is 54.8. The van der Waals surface area contributed by atoms with Crippen LogP contribution in [0, 0.1) is 25.5 Å². The number of methoxy groups -OCH3 is 1. The number of aliphatic carboxylic acids is 2. The van der Waals surface area contributed by atoms with Crippen molar-refractivity contribution in [2.75, 3.05) is 36.6 Å². The highest BCUT2D eigenvalue weighted by atomic mass is 19.1. The standard InChI is InChI=1S/C40H32F2N4O6.C39H33N5O5/c1-24-3-7-26(8-4-24)27-11-13-29(14-12-27)39-44-38(45-52-39)28-9-5-25(6-10-28)22-46(23-36(48)49)40(50)30-15-17-31(18-16-30)43-35(47)21-32-33(41)19-20-34(51-2)37(32)42;1-25-2-8-28(9-3-25)29-12-14-31(15-13-29)38-42-37(43-49-38)30-10-4-27(5-11-30)23-44(24-36(46)47)39(48)32-16-20-34(21-17-32)41-35(45)22-26-6-18-33(40)19-7-26/h3-20H,21-23H2,1-2H3,(H,43,47)(H,48,49);2-21H,22-24,40H2,1H3,(H,41,45)(H,46,47). The Bertz CT molecular complexity index is 4920. The lowest BCUT2D eigenvalue weighted by Gasteiger charge is -2.21. The van der Waals surface area contributed by atoms with Gasteiger partial charge in [-0.1, -0.05) is 155 Å². The van der Waals surface area contributed by atoms with Crippen LogP contribution in [0.2, 0.25) is 0 Å². The largest absolute Gasteiger partial charge is 0.494 e. The van der Waals surface area contributed by atoms with Gasteiger partial charge < -0.3 is 50.2 Å². The van der Waals surface area contributed by atoms with E-state index in [0.29, 0.717) is 57.1 Å². The summed E-state index contributed by atoms with van der Waals surface area (Å²) in [4.78, 5) is 86.6. The first-order valence-electron chi connectivity index (χ1n) is 31.7. The van der Waals surface area contributed by atoms with Gasteiger partial charge in [0.25, 0.3) is 23.6 Å². The van der Waals surface area contributed by atoms with Crippen LogP contribution in [0.4, 0.5) is 25.8 Å². The number of benzene rings is 10. The van der Waals surface area contributed by atoms with Crippen molar-refractivity contribution in [3.05, 3.63) is 287 Å². The Morgan fingerprint density at radius 1 is 0.446 bits per heavy atom. The second-order valence-electron chi connectivity index (χ2n) is 23.6. The average Bonchev–Trinajstić information content (AvgIpc) is 1.72. The minimum absolute atomic E-state index is 0.00755. The number of aryl methyl sites for hydroxylation is 2. The molecule has 12 rings (SSSR count). The number of carbonyl (C=O) groups excluding carboxylic acids is 4. The van der Waals surface area contributed by atoms with E-state index in [4.69, 9.17) is 19.5 Å². The van der Waals surface area contributed by atoms with Crippen molar-refractivity contribution in [2.24, 2.45) is 0 Å². The number of carboxylic acids is 2. The van der Waals surface area contributed by atoms with Gasteiger partial charge >= 0.3 is 11.9 Å². The van der Waals surface area contributed by atoms with Crippen LogP contribution in [0.3, 0.4) is 0 Å². The fourth-order valence-corrected chi connectivity index (χ4v) is 10.7. The molecule has 0 spiro atoms. The summed E-state index contributed by atoms with van der Waals surface area (Å²) in [6, 6.07) is 67.8. The molecule has 6 N–H and O–H groups in total. The van der Waals surface area contributed by atoms with Gasteiger partial charge in [-0.3, -0.25) is 28.8 Å². The number of ether oxygens (including phenoxy) is 1. The predicted octanol–water partition coefficient (Wildman–Crippen LogP) is 14.4. The molecule has 4 amide bonds. The summed E-state index contributed by atoms with van der Waals surface area (Å²) in [6.07, 6.45) is -0.416. The molecule has 2 aromatic heterocycles. The topological polar surface area (TPSA) is 287 Å². The molecule has 10 aromatic carbocycles. The SMILES string of the molecule is COc1ccc(F)c(CC(=O)Nc2ccc(C(=O)N(CC(=O)O)Cc3ccc(-c4noc(-c5ccc(-c6ccc(C)cc6)cc5)n4)cc3)cc2)c1F.Cc1ccc(-c2ccc(-c3nc(-c4ccc(CN(CC(=O)O)C(=O)c5ccc(NC(=O)Cc6ccc(N)cc6)cc5)cc4)no3)cc2)cc1. The number of rotatable bonds is 23. The molecule has 0 aliphatic carbocycles. The van der Waals surface area contributed by atoms with E-state index in [1.807, 2.05) is 55.5 Å². The summed E-state index contributed by atoms with van der Waals surface area (Å²) in [7, 11) is 1.23. The van der Waals surface area contributed by atoms with Gasteiger partial charge in [-0.05, 0) is 150 Å². The summed E-state index contributed by atoms with van der Waals surface area (Å²) in [5, 5.41) is 32.7. The molecule has 0 fully saturated rings. The Kier molecular flexibility index (Phi) is 21.7. The van der Waals surface area contributed by atoms with Crippen LogP contribution in [0.25, 0.3) is 67.9 Å². The first-order chi connectivity index (χ1) is 48.8. The first kappa shape index (κ1) is 69.1. The van der Waals surface area contributed by atoms with Crippen molar-refractivity contribution in [2.45, 2.75) is 39.8 Å². The molecule has 506 valence electrons. The molecule has 2 heterocycles. The van der Waals surface area contributed by atoms with Gasteiger partial charge in [0.1, 0.15) is 18.9 Å². The van der Waals surface area contributed by atoms with Crippen molar-refractivity contribution < 1.29 is 61.5 Å². The molecule has 22 heteroatoms. The molecular weight excluding hydrogens is 1290 g/mol. The highest BCUT2D eigenvalue weighted by Gasteiger charge is 2.24. The zero-order valence-electron chi connectivity index (χ0n) is 54.8. The van der Waals surface area contributed by atoms with E-state index in [1.165, 1.54) is 52.3 Å². The highest BCUT2D eigenvalue weighted by molar-refractivity contribution is 5.99. The van der Waals surface area contributed by atoms with Crippen molar-refractivity contribution in [3.8, 4) is 73.7 Å². The zero-order chi connectivity index (χ0) is 71.1. The van der Waals surface area contributed by atoms with Crippen molar-refractivity contribution >= 4 is 52.6 Å². The van der Waals surface area contributed by atoms with Crippen molar-refractivity contribution in [1.29, 1.82) is 0 Å². The van der Waals surface area contributed by atoms with E-state index in [-0.39, 0.29) is 42.4 Å².